The Balaban J connectivity index is 2.20. The van der Waals surface area contributed by atoms with E-state index in [0.29, 0.717) is 12.2 Å². The SMILES string of the molecule is CCC[C@H](C)NC(=O)CN(CCc1ccccc1)S(=O)(=O)c1ccc(OC)cc1. The minimum atomic E-state index is -3.82. The summed E-state index contributed by atoms with van der Waals surface area (Å²) >= 11 is 0. The standard InChI is InChI=1S/C22H30N2O4S/c1-4-8-18(2)23-22(25)17-24(16-15-19-9-6-5-7-10-19)29(26,27)21-13-11-20(28-3)12-14-21/h5-7,9-14,18H,4,8,15-17H2,1-3H3,(H,23,25)/t18-/m0/s1. The average molecular weight is 419 g/mol. The maximum atomic E-state index is 13.2. The molecule has 0 heterocycles. The molecule has 29 heavy (non-hydrogen) atoms. The van der Waals surface area contributed by atoms with Gasteiger partial charge in [0.2, 0.25) is 15.9 Å². The summed E-state index contributed by atoms with van der Waals surface area (Å²) in [7, 11) is -2.30. The molecule has 0 unspecified atom stereocenters. The third-order valence-electron chi connectivity index (χ3n) is 4.64. The van der Waals surface area contributed by atoms with Gasteiger partial charge in [-0.2, -0.15) is 4.31 Å². The molecular formula is C22H30N2O4S. The molecule has 1 amide bonds. The van der Waals surface area contributed by atoms with Crippen molar-refractivity contribution in [1.82, 2.24) is 9.62 Å². The van der Waals surface area contributed by atoms with Crippen LogP contribution in [-0.2, 0) is 21.2 Å². The van der Waals surface area contributed by atoms with Crippen LogP contribution in [0.1, 0.15) is 32.3 Å². The fourth-order valence-corrected chi connectivity index (χ4v) is 4.46. The third kappa shape index (κ3) is 6.87. The Morgan fingerprint density at radius 1 is 1.10 bits per heavy atom. The van der Waals surface area contributed by atoms with Crippen molar-refractivity contribution >= 4 is 15.9 Å². The summed E-state index contributed by atoms with van der Waals surface area (Å²) in [4.78, 5) is 12.6. The normalized spacial score (nSPS) is 12.6. The second-order valence-corrected chi connectivity index (χ2v) is 8.94. The van der Waals surface area contributed by atoms with Crippen LogP contribution < -0.4 is 10.1 Å². The molecule has 7 heteroatoms. The van der Waals surface area contributed by atoms with E-state index in [9.17, 15) is 13.2 Å². The minimum Gasteiger partial charge on any atom is -0.497 e. The van der Waals surface area contributed by atoms with E-state index in [0.717, 1.165) is 18.4 Å². The van der Waals surface area contributed by atoms with Gasteiger partial charge in [-0.1, -0.05) is 43.7 Å². The van der Waals surface area contributed by atoms with Crippen molar-refractivity contribution in [1.29, 1.82) is 0 Å². The van der Waals surface area contributed by atoms with Crippen LogP contribution in [0.2, 0.25) is 0 Å². The molecule has 0 aromatic heterocycles. The summed E-state index contributed by atoms with van der Waals surface area (Å²) in [6, 6.07) is 15.8. The molecule has 158 valence electrons. The van der Waals surface area contributed by atoms with Gasteiger partial charge in [0.05, 0.1) is 18.6 Å². The first kappa shape index (κ1) is 22.9. The van der Waals surface area contributed by atoms with Crippen LogP contribution in [0.3, 0.4) is 0 Å². The van der Waals surface area contributed by atoms with Crippen LogP contribution in [0.25, 0.3) is 0 Å². The number of nitrogens with zero attached hydrogens (tertiary/aromatic N) is 1. The quantitative estimate of drug-likeness (QED) is 0.608. The summed E-state index contributed by atoms with van der Waals surface area (Å²) < 4.78 is 32.8. The molecule has 0 radical (unpaired) electrons. The van der Waals surface area contributed by atoms with Crippen molar-refractivity contribution in [3.05, 3.63) is 60.2 Å². The number of nitrogens with one attached hydrogen (secondary N) is 1. The van der Waals surface area contributed by atoms with Gasteiger partial charge in [-0.25, -0.2) is 8.42 Å². The number of carbonyl (C=O) groups is 1. The molecule has 0 aliphatic carbocycles. The molecule has 0 fully saturated rings. The average Bonchev–Trinajstić information content (AvgIpc) is 2.71. The largest absolute Gasteiger partial charge is 0.497 e. The van der Waals surface area contributed by atoms with Gasteiger partial charge in [0, 0.05) is 12.6 Å². The minimum absolute atomic E-state index is 0.00663. The van der Waals surface area contributed by atoms with Gasteiger partial charge < -0.3 is 10.1 Å². The Kier molecular flexibility index (Phi) is 8.67. The molecule has 2 aromatic carbocycles. The van der Waals surface area contributed by atoms with Gasteiger partial charge in [0.15, 0.2) is 0 Å². The van der Waals surface area contributed by atoms with Crippen molar-refractivity contribution in [2.24, 2.45) is 0 Å². The third-order valence-corrected chi connectivity index (χ3v) is 6.50. The van der Waals surface area contributed by atoms with Crippen molar-refractivity contribution in [3.8, 4) is 5.75 Å². The molecular weight excluding hydrogens is 388 g/mol. The first-order valence-corrected chi connectivity index (χ1v) is 11.3. The monoisotopic (exact) mass is 418 g/mol. The van der Waals surface area contributed by atoms with Crippen LogP contribution in [0.4, 0.5) is 0 Å². The van der Waals surface area contributed by atoms with E-state index in [1.54, 1.807) is 12.1 Å². The Labute approximate surface area is 173 Å². The first-order valence-electron chi connectivity index (χ1n) is 9.84. The smallest absolute Gasteiger partial charge is 0.243 e. The number of benzene rings is 2. The molecule has 0 spiro atoms. The van der Waals surface area contributed by atoms with Crippen molar-refractivity contribution < 1.29 is 17.9 Å². The topological polar surface area (TPSA) is 75.7 Å². The summed E-state index contributed by atoms with van der Waals surface area (Å²) in [5, 5.41) is 2.89. The van der Waals surface area contributed by atoms with Gasteiger partial charge in [-0.15, -0.1) is 0 Å². The number of rotatable bonds is 11. The van der Waals surface area contributed by atoms with E-state index in [2.05, 4.69) is 5.32 Å². The molecule has 2 rings (SSSR count). The Bertz CT molecular complexity index is 867. The molecule has 1 N–H and O–H groups in total. The van der Waals surface area contributed by atoms with E-state index in [-0.39, 0.29) is 29.9 Å². The highest BCUT2D eigenvalue weighted by Crippen LogP contribution is 2.20. The molecule has 1 atom stereocenters. The summed E-state index contributed by atoms with van der Waals surface area (Å²) in [6.45, 7) is 3.97. The van der Waals surface area contributed by atoms with Gasteiger partial charge in [0.25, 0.3) is 0 Å². The molecule has 2 aromatic rings. The second-order valence-electron chi connectivity index (χ2n) is 7.01. The van der Waals surface area contributed by atoms with Crippen LogP contribution in [0.5, 0.6) is 5.75 Å². The lowest BCUT2D eigenvalue weighted by atomic mass is 10.1. The lowest BCUT2D eigenvalue weighted by Crippen LogP contribution is -2.44. The highest BCUT2D eigenvalue weighted by atomic mass is 32.2. The predicted molar refractivity (Wildman–Crippen MR) is 114 cm³/mol. The van der Waals surface area contributed by atoms with Crippen molar-refractivity contribution in [2.75, 3.05) is 20.2 Å². The van der Waals surface area contributed by atoms with E-state index in [4.69, 9.17) is 4.74 Å². The Hall–Kier alpha value is -2.38. The van der Waals surface area contributed by atoms with Gasteiger partial charge in [0.1, 0.15) is 5.75 Å². The zero-order valence-corrected chi connectivity index (χ0v) is 18.1. The van der Waals surface area contributed by atoms with Crippen LogP contribution in [0.15, 0.2) is 59.5 Å². The van der Waals surface area contributed by atoms with Gasteiger partial charge >= 0.3 is 0 Å². The lowest BCUT2D eigenvalue weighted by Gasteiger charge is -2.23. The molecule has 0 aliphatic heterocycles. The van der Waals surface area contributed by atoms with Crippen LogP contribution in [-0.4, -0.2) is 44.9 Å². The molecule has 6 nitrogen and oxygen atoms in total. The zero-order valence-electron chi connectivity index (χ0n) is 17.3. The maximum absolute atomic E-state index is 13.2. The lowest BCUT2D eigenvalue weighted by molar-refractivity contribution is -0.121. The summed E-state index contributed by atoms with van der Waals surface area (Å²) in [6.07, 6.45) is 2.32. The second kappa shape index (κ2) is 11.0. The van der Waals surface area contributed by atoms with Gasteiger partial charge in [-0.05, 0) is 49.6 Å². The van der Waals surface area contributed by atoms with E-state index >= 15 is 0 Å². The van der Waals surface area contributed by atoms with E-state index in [1.165, 1.54) is 23.5 Å². The predicted octanol–water partition coefficient (Wildman–Crippen LogP) is 3.23. The maximum Gasteiger partial charge on any atom is 0.243 e. The number of sulfonamides is 1. The zero-order chi connectivity index (χ0) is 21.3. The summed E-state index contributed by atoms with van der Waals surface area (Å²) in [5.74, 6) is 0.280. The number of ether oxygens (including phenoxy) is 1. The van der Waals surface area contributed by atoms with E-state index in [1.807, 2.05) is 44.2 Å². The number of hydrogen-bond donors (Lipinski definition) is 1. The number of hydrogen-bond acceptors (Lipinski definition) is 4. The number of methoxy groups -OCH3 is 1. The van der Waals surface area contributed by atoms with Crippen LogP contribution >= 0.6 is 0 Å². The molecule has 0 saturated heterocycles. The summed E-state index contributed by atoms with van der Waals surface area (Å²) in [5.41, 5.74) is 1.02. The fourth-order valence-electron chi connectivity index (χ4n) is 3.07. The van der Waals surface area contributed by atoms with E-state index < -0.39 is 10.0 Å². The highest BCUT2D eigenvalue weighted by molar-refractivity contribution is 7.89. The van der Waals surface area contributed by atoms with Crippen molar-refractivity contribution in [2.45, 2.75) is 44.0 Å². The van der Waals surface area contributed by atoms with Crippen LogP contribution in [0, 0.1) is 0 Å². The fraction of sp³-hybridized carbons (Fsp3) is 0.409. The Morgan fingerprint density at radius 3 is 2.34 bits per heavy atom. The molecule has 0 bridgehead atoms. The number of amides is 1. The van der Waals surface area contributed by atoms with Crippen molar-refractivity contribution in [3.63, 3.8) is 0 Å². The van der Waals surface area contributed by atoms with Gasteiger partial charge in [-0.3, -0.25) is 4.79 Å². The highest BCUT2D eigenvalue weighted by Gasteiger charge is 2.27. The molecule has 0 saturated carbocycles. The molecule has 0 aliphatic rings. The Morgan fingerprint density at radius 2 is 1.76 bits per heavy atom. The number of carbonyl (C=O) groups excluding carboxylic acids is 1. The first-order chi connectivity index (χ1) is 13.9.